The van der Waals surface area contributed by atoms with Crippen molar-refractivity contribution in [1.29, 1.82) is 0 Å². The van der Waals surface area contributed by atoms with E-state index in [1.165, 1.54) is 6.07 Å². The minimum atomic E-state index is -0.286. The Morgan fingerprint density at radius 1 is 1.40 bits per heavy atom. The summed E-state index contributed by atoms with van der Waals surface area (Å²) in [6, 6.07) is 4.54. The van der Waals surface area contributed by atoms with E-state index in [1.54, 1.807) is 12.1 Å². The predicted molar refractivity (Wildman–Crippen MR) is 79.6 cm³/mol. The van der Waals surface area contributed by atoms with Gasteiger partial charge < -0.3 is 10.5 Å². The molecule has 5 heteroatoms. The lowest BCUT2D eigenvalue weighted by atomic mass is 9.87. The molecule has 2 rings (SSSR count). The number of hydrogen-bond donors (Lipinski definition) is 1. The molecule has 0 bridgehead atoms. The second-order valence-corrected chi connectivity index (χ2v) is 6.17. The fourth-order valence-electron chi connectivity index (χ4n) is 2.57. The Hall–Kier alpha value is -0.680. The molecule has 1 aliphatic heterocycles. The Balaban J connectivity index is 2.12. The Labute approximate surface area is 124 Å². The van der Waals surface area contributed by atoms with Gasteiger partial charge in [-0.15, -0.1) is 0 Å². The number of ether oxygens (including phenoxy) is 1. The smallest absolute Gasteiger partial charge is 0.127 e. The number of rotatable bonds is 4. The van der Waals surface area contributed by atoms with Gasteiger partial charge in [-0.05, 0) is 32.4 Å². The van der Waals surface area contributed by atoms with Crippen LogP contribution in [0, 0.1) is 5.82 Å². The van der Waals surface area contributed by atoms with Crippen LogP contribution in [0.4, 0.5) is 4.39 Å². The van der Waals surface area contributed by atoms with Gasteiger partial charge in [0.05, 0.1) is 13.2 Å². The molecule has 0 radical (unpaired) electrons. The third-order valence-corrected chi connectivity index (χ3v) is 4.57. The lowest BCUT2D eigenvalue weighted by Gasteiger charge is -2.44. The van der Waals surface area contributed by atoms with Gasteiger partial charge in [0.15, 0.2) is 0 Å². The van der Waals surface area contributed by atoms with Crippen molar-refractivity contribution in [3.8, 4) is 0 Å². The zero-order valence-electron chi connectivity index (χ0n) is 12.0. The summed E-state index contributed by atoms with van der Waals surface area (Å²) < 4.78 is 19.2. The molecule has 1 heterocycles. The normalized spacial score (nSPS) is 19.1. The first-order valence-corrected chi connectivity index (χ1v) is 7.32. The fraction of sp³-hybridized carbons (Fsp3) is 0.600. The second-order valence-electron chi connectivity index (χ2n) is 5.76. The summed E-state index contributed by atoms with van der Waals surface area (Å²) in [7, 11) is 0. The zero-order valence-corrected chi connectivity index (χ0v) is 12.8. The number of hydrogen-bond acceptors (Lipinski definition) is 3. The standard InChI is InChI=1S/C15H22ClFN2O/c1-15(2,19-6-8-20-9-7-19)14(18)10-11-12(16)4-3-5-13(11)17/h3-5,14H,6-10,18H2,1-2H3. The lowest BCUT2D eigenvalue weighted by Crippen LogP contribution is -2.59. The summed E-state index contributed by atoms with van der Waals surface area (Å²) in [4.78, 5) is 2.30. The maximum absolute atomic E-state index is 13.9. The van der Waals surface area contributed by atoms with Crippen molar-refractivity contribution < 1.29 is 9.13 Å². The third kappa shape index (κ3) is 3.31. The summed E-state index contributed by atoms with van der Waals surface area (Å²) in [6.07, 6.45) is 0.426. The van der Waals surface area contributed by atoms with Crippen molar-refractivity contribution in [2.45, 2.75) is 31.8 Å². The first kappa shape index (κ1) is 15.7. The number of benzene rings is 1. The maximum atomic E-state index is 13.9. The van der Waals surface area contributed by atoms with Crippen LogP contribution in [0.3, 0.4) is 0 Å². The van der Waals surface area contributed by atoms with Crippen LogP contribution >= 0.6 is 11.6 Å². The van der Waals surface area contributed by atoms with Crippen molar-refractivity contribution >= 4 is 11.6 Å². The van der Waals surface area contributed by atoms with E-state index < -0.39 is 0 Å². The fourth-order valence-corrected chi connectivity index (χ4v) is 2.81. The van der Waals surface area contributed by atoms with Gasteiger partial charge in [0.1, 0.15) is 5.82 Å². The SMILES string of the molecule is CC(C)(C(N)Cc1c(F)cccc1Cl)N1CCOCC1. The van der Waals surface area contributed by atoms with Crippen LogP contribution in [0.2, 0.25) is 5.02 Å². The minimum Gasteiger partial charge on any atom is -0.379 e. The quantitative estimate of drug-likeness (QED) is 0.928. The second kappa shape index (κ2) is 6.39. The molecule has 1 aromatic carbocycles. The highest BCUT2D eigenvalue weighted by Crippen LogP contribution is 2.26. The molecule has 2 N–H and O–H groups in total. The number of halogens is 2. The number of nitrogens with two attached hydrogens (primary N) is 1. The average molecular weight is 301 g/mol. The largest absolute Gasteiger partial charge is 0.379 e. The average Bonchev–Trinajstić information content (AvgIpc) is 2.43. The van der Waals surface area contributed by atoms with Crippen LogP contribution in [-0.2, 0) is 11.2 Å². The van der Waals surface area contributed by atoms with Crippen LogP contribution in [0.5, 0.6) is 0 Å². The lowest BCUT2D eigenvalue weighted by molar-refractivity contribution is -0.0186. The number of morpholine rings is 1. The van der Waals surface area contributed by atoms with E-state index in [9.17, 15) is 4.39 Å². The minimum absolute atomic E-state index is 0.199. The topological polar surface area (TPSA) is 38.5 Å². The maximum Gasteiger partial charge on any atom is 0.127 e. The molecule has 1 saturated heterocycles. The van der Waals surface area contributed by atoms with Gasteiger partial charge in [-0.1, -0.05) is 17.7 Å². The van der Waals surface area contributed by atoms with Crippen molar-refractivity contribution in [1.82, 2.24) is 4.90 Å². The number of nitrogens with zero attached hydrogens (tertiary/aromatic N) is 1. The van der Waals surface area contributed by atoms with Crippen LogP contribution in [0.25, 0.3) is 0 Å². The van der Waals surface area contributed by atoms with Crippen molar-refractivity contribution in [3.05, 3.63) is 34.6 Å². The summed E-state index contributed by atoms with van der Waals surface area (Å²) in [5, 5.41) is 0.443. The first-order valence-electron chi connectivity index (χ1n) is 6.94. The molecular formula is C15H22ClFN2O. The first-order chi connectivity index (χ1) is 9.43. The molecular weight excluding hydrogens is 279 g/mol. The molecule has 0 amide bonds. The molecule has 0 saturated carbocycles. The Morgan fingerprint density at radius 3 is 2.65 bits per heavy atom. The highest BCUT2D eigenvalue weighted by molar-refractivity contribution is 6.31. The van der Waals surface area contributed by atoms with Gasteiger partial charge in [0, 0.05) is 35.3 Å². The summed E-state index contributed by atoms with van der Waals surface area (Å²) >= 11 is 6.08. The van der Waals surface area contributed by atoms with Crippen molar-refractivity contribution in [2.24, 2.45) is 5.73 Å². The highest BCUT2D eigenvalue weighted by Gasteiger charge is 2.34. The summed E-state index contributed by atoms with van der Waals surface area (Å²) in [5.41, 5.74) is 6.62. The van der Waals surface area contributed by atoms with Crippen molar-refractivity contribution in [3.63, 3.8) is 0 Å². The van der Waals surface area contributed by atoms with Gasteiger partial charge in [0.25, 0.3) is 0 Å². The Bertz CT molecular complexity index is 441. The molecule has 1 atom stereocenters. The molecule has 1 fully saturated rings. The van der Waals surface area contributed by atoms with E-state index in [4.69, 9.17) is 22.1 Å². The highest BCUT2D eigenvalue weighted by atomic mass is 35.5. The van der Waals surface area contributed by atoms with E-state index in [0.29, 0.717) is 17.0 Å². The van der Waals surface area contributed by atoms with E-state index in [0.717, 1.165) is 26.3 Å². The molecule has 0 spiro atoms. The van der Waals surface area contributed by atoms with Crippen LogP contribution in [0.1, 0.15) is 19.4 Å². The molecule has 112 valence electrons. The van der Waals surface area contributed by atoms with Gasteiger partial charge in [0.2, 0.25) is 0 Å². The van der Waals surface area contributed by atoms with Gasteiger partial charge in [-0.25, -0.2) is 4.39 Å². The molecule has 3 nitrogen and oxygen atoms in total. The third-order valence-electron chi connectivity index (χ3n) is 4.22. The molecule has 0 aromatic heterocycles. The molecule has 20 heavy (non-hydrogen) atoms. The van der Waals surface area contributed by atoms with Crippen LogP contribution < -0.4 is 5.73 Å². The summed E-state index contributed by atoms with van der Waals surface area (Å²) in [5.74, 6) is -0.286. The van der Waals surface area contributed by atoms with E-state index in [2.05, 4.69) is 18.7 Å². The van der Waals surface area contributed by atoms with E-state index in [1.807, 2.05) is 0 Å². The molecule has 0 aliphatic carbocycles. The zero-order chi connectivity index (χ0) is 14.8. The van der Waals surface area contributed by atoms with Gasteiger partial charge in [-0.3, -0.25) is 4.90 Å². The van der Waals surface area contributed by atoms with E-state index >= 15 is 0 Å². The van der Waals surface area contributed by atoms with Crippen molar-refractivity contribution in [2.75, 3.05) is 26.3 Å². The van der Waals surface area contributed by atoms with Gasteiger partial charge in [-0.2, -0.15) is 0 Å². The Morgan fingerprint density at radius 2 is 2.05 bits per heavy atom. The predicted octanol–water partition coefficient (Wildman–Crippen LogP) is 2.46. The van der Waals surface area contributed by atoms with Crippen LogP contribution in [0.15, 0.2) is 18.2 Å². The van der Waals surface area contributed by atoms with Crippen LogP contribution in [-0.4, -0.2) is 42.8 Å². The van der Waals surface area contributed by atoms with E-state index in [-0.39, 0.29) is 17.4 Å². The molecule has 1 unspecified atom stereocenters. The van der Waals surface area contributed by atoms with Gasteiger partial charge >= 0.3 is 0 Å². The Kier molecular flexibility index (Phi) is 5.02. The molecule has 1 aliphatic rings. The molecule has 1 aromatic rings. The monoisotopic (exact) mass is 300 g/mol. The summed E-state index contributed by atoms with van der Waals surface area (Å²) in [6.45, 7) is 7.33.